The van der Waals surface area contributed by atoms with E-state index in [0.717, 1.165) is 10.0 Å². The molecule has 0 N–H and O–H groups in total. The van der Waals surface area contributed by atoms with Gasteiger partial charge in [0.1, 0.15) is 0 Å². The zero-order chi connectivity index (χ0) is 16.0. The van der Waals surface area contributed by atoms with Gasteiger partial charge in [0.05, 0.1) is 11.1 Å². The summed E-state index contributed by atoms with van der Waals surface area (Å²) in [6.07, 6.45) is 0.200. The van der Waals surface area contributed by atoms with E-state index in [1.807, 2.05) is 6.07 Å². The smallest absolute Gasteiger partial charge is 0.273 e. The molecule has 0 saturated heterocycles. The molecule has 0 bridgehead atoms. The summed E-state index contributed by atoms with van der Waals surface area (Å²) >= 11 is 6.21. The van der Waals surface area contributed by atoms with Crippen molar-refractivity contribution < 1.29 is 14.4 Å². The van der Waals surface area contributed by atoms with Crippen LogP contribution in [0.15, 0.2) is 30.3 Å². The molecule has 1 aliphatic heterocycles. The molecular weight excluding hydrogens is 304 g/mol. The highest BCUT2D eigenvalue weighted by Crippen LogP contribution is 2.35. The topological polar surface area (TPSA) is 57.7 Å². The molecule has 112 valence electrons. The van der Waals surface area contributed by atoms with Gasteiger partial charge in [-0.25, -0.2) is 5.01 Å². The first-order valence-electron chi connectivity index (χ1n) is 6.83. The Morgan fingerprint density at radius 3 is 2.45 bits per heavy atom. The molecule has 0 fully saturated rings. The van der Waals surface area contributed by atoms with Crippen LogP contribution in [0.5, 0.6) is 0 Å². The maximum Gasteiger partial charge on any atom is 0.281 e. The maximum absolute atomic E-state index is 12.7. The summed E-state index contributed by atoms with van der Waals surface area (Å²) < 4.78 is 0. The number of amides is 3. The second kappa shape index (κ2) is 5.10. The molecule has 1 aliphatic rings. The van der Waals surface area contributed by atoms with E-state index in [0.29, 0.717) is 21.4 Å². The highest BCUT2D eigenvalue weighted by Gasteiger charge is 2.41. The summed E-state index contributed by atoms with van der Waals surface area (Å²) in [5, 5.41) is 3.66. The minimum Gasteiger partial charge on any atom is -0.273 e. The highest BCUT2D eigenvalue weighted by molar-refractivity contribution is 6.38. The van der Waals surface area contributed by atoms with E-state index in [9.17, 15) is 14.4 Å². The Morgan fingerprint density at radius 1 is 1.18 bits per heavy atom. The van der Waals surface area contributed by atoms with Crippen molar-refractivity contribution in [3.05, 3.63) is 46.5 Å². The fourth-order valence-corrected chi connectivity index (χ4v) is 2.93. The first kappa shape index (κ1) is 14.5. The van der Waals surface area contributed by atoms with Gasteiger partial charge in [0.15, 0.2) is 0 Å². The molecule has 6 heteroatoms. The number of carbonyl (C=O) groups is 3. The number of fused-ring (bicyclic) bond motifs is 3. The summed E-state index contributed by atoms with van der Waals surface area (Å²) in [5.74, 6) is -1.35. The van der Waals surface area contributed by atoms with Crippen LogP contribution in [0.25, 0.3) is 10.8 Å². The lowest BCUT2D eigenvalue weighted by Gasteiger charge is -2.25. The predicted molar refractivity (Wildman–Crippen MR) is 82.5 cm³/mol. The Hall–Kier alpha value is -2.40. The lowest BCUT2D eigenvalue weighted by molar-refractivity contribution is -0.138. The lowest BCUT2D eigenvalue weighted by atomic mass is 10.0. The highest BCUT2D eigenvalue weighted by atomic mass is 35.5. The molecule has 0 aromatic heterocycles. The molecule has 2 aromatic carbocycles. The largest absolute Gasteiger partial charge is 0.281 e. The van der Waals surface area contributed by atoms with Crippen LogP contribution in [-0.2, 0) is 4.79 Å². The van der Waals surface area contributed by atoms with Crippen molar-refractivity contribution in [2.45, 2.75) is 13.3 Å². The molecular formula is C16H13ClN2O3. The van der Waals surface area contributed by atoms with Gasteiger partial charge in [-0.2, -0.15) is 5.01 Å². The van der Waals surface area contributed by atoms with Crippen molar-refractivity contribution in [2.75, 3.05) is 7.05 Å². The third kappa shape index (κ3) is 1.89. The Bertz CT molecular complexity index is 831. The van der Waals surface area contributed by atoms with Crippen LogP contribution in [0.3, 0.4) is 0 Å². The Labute approximate surface area is 132 Å². The molecule has 5 nitrogen and oxygen atoms in total. The summed E-state index contributed by atoms with van der Waals surface area (Å²) in [4.78, 5) is 37.0. The van der Waals surface area contributed by atoms with Crippen molar-refractivity contribution in [3.63, 3.8) is 0 Å². The number of benzene rings is 2. The maximum atomic E-state index is 12.7. The molecule has 0 spiro atoms. The summed E-state index contributed by atoms with van der Waals surface area (Å²) in [6.45, 7) is 1.67. The summed E-state index contributed by atoms with van der Waals surface area (Å²) in [7, 11) is 1.41. The molecule has 1 heterocycles. The van der Waals surface area contributed by atoms with Gasteiger partial charge < -0.3 is 0 Å². The van der Waals surface area contributed by atoms with Crippen LogP contribution in [0.2, 0.25) is 5.02 Å². The van der Waals surface area contributed by atoms with E-state index in [1.54, 1.807) is 25.1 Å². The number of hydrazine groups is 1. The number of nitrogens with zero attached hydrogens (tertiary/aromatic N) is 2. The van der Waals surface area contributed by atoms with E-state index in [-0.39, 0.29) is 17.9 Å². The SMILES string of the molecule is CCC(=O)N(C)N1C(=O)c2cc(Cl)c3ccccc3c2C1=O. The Balaban J connectivity index is 2.22. The van der Waals surface area contributed by atoms with Gasteiger partial charge in [0, 0.05) is 23.9 Å². The summed E-state index contributed by atoms with van der Waals surface area (Å²) in [5.41, 5.74) is 0.519. The zero-order valence-electron chi connectivity index (χ0n) is 12.1. The molecule has 0 saturated carbocycles. The molecule has 3 rings (SSSR count). The first-order chi connectivity index (χ1) is 10.5. The zero-order valence-corrected chi connectivity index (χ0v) is 12.8. The monoisotopic (exact) mass is 316 g/mol. The van der Waals surface area contributed by atoms with Crippen LogP contribution in [0.4, 0.5) is 0 Å². The van der Waals surface area contributed by atoms with Gasteiger partial charge >= 0.3 is 0 Å². The van der Waals surface area contributed by atoms with Crippen LogP contribution >= 0.6 is 11.6 Å². The standard InChI is InChI=1S/C16H13ClN2O3/c1-3-13(20)18(2)19-15(21)11-8-12(17)9-6-4-5-7-10(9)14(11)16(19)22/h4-8H,3H2,1-2H3. The second-order valence-electron chi connectivity index (χ2n) is 5.02. The fraction of sp³-hybridized carbons (Fsp3) is 0.188. The third-order valence-electron chi connectivity index (χ3n) is 3.79. The second-order valence-corrected chi connectivity index (χ2v) is 5.43. The molecule has 0 atom stereocenters. The van der Waals surface area contributed by atoms with Crippen molar-refractivity contribution in [1.29, 1.82) is 0 Å². The predicted octanol–water partition coefficient (Wildman–Crippen LogP) is 2.87. The van der Waals surface area contributed by atoms with Gasteiger partial charge in [-0.1, -0.05) is 42.8 Å². The summed E-state index contributed by atoms with van der Waals surface area (Å²) in [6, 6.07) is 8.62. The average molecular weight is 317 g/mol. The van der Waals surface area contributed by atoms with E-state index < -0.39 is 11.8 Å². The van der Waals surface area contributed by atoms with Crippen LogP contribution in [-0.4, -0.2) is 34.8 Å². The van der Waals surface area contributed by atoms with E-state index >= 15 is 0 Å². The van der Waals surface area contributed by atoms with E-state index in [1.165, 1.54) is 13.1 Å². The molecule has 22 heavy (non-hydrogen) atoms. The number of hydrogen-bond donors (Lipinski definition) is 0. The quantitative estimate of drug-likeness (QED) is 0.800. The number of imide groups is 1. The van der Waals surface area contributed by atoms with Gasteiger partial charge in [0.2, 0.25) is 5.91 Å². The molecule has 2 aromatic rings. The normalized spacial score (nSPS) is 13.7. The van der Waals surface area contributed by atoms with Crippen LogP contribution in [0, 0.1) is 0 Å². The number of rotatable bonds is 2. The van der Waals surface area contributed by atoms with E-state index in [4.69, 9.17) is 11.6 Å². The Morgan fingerprint density at radius 2 is 1.82 bits per heavy atom. The first-order valence-corrected chi connectivity index (χ1v) is 7.21. The number of halogens is 1. The van der Waals surface area contributed by atoms with Crippen LogP contribution in [0.1, 0.15) is 34.1 Å². The van der Waals surface area contributed by atoms with Gasteiger partial charge in [0.25, 0.3) is 11.8 Å². The van der Waals surface area contributed by atoms with Gasteiger partial charge in [-0.15, -0.1) is 0 Å². The molecule has 3 amide bonds. The molecule has 0 aliphatic carbocycles. The minimum absolute atomic E-state index is 0.200. The van der Waals surface area contributed by atoms with Gasteiger partial charge in [-0.3, -0.25) is 14.4 Å². The third-order valence-corrected chi connectivity index (χ3v) is 4.10. The van der Waals surface area contributed by atoms with Crippen molar-refractivity contribution in [2.24, 2.45) is 0 Å². The molecule has 0 radical (unpaired) electrons. The number of carbonyl (C=O) groups excluding carboxylic acids is 3. The fourth-order valence-electron chi connectivity index (χ4n) is 2.66. The van der Waals surface area contributed by atoms with Crippen molar-refractivity contribution in [3.8, 4) is 0 Å². The van der Waals surface area contributed by atoms with Crippen molar-refractivity contribution >= 4 is 40.1 Å². The Kier molecular flexibility index (Phi) is 3.37. The lowest BCUT2D eigenvalue weighted by Crippen LogP contribution is -2.46. The van der Waals surface area contributed by atoms with Crippen molar-refractivity contribution in [1.82, 2.24) is 10.0 Å². The molecule has 0 unspecified atom stereocenters. The minimum atomic E-state index is -0.531. The van der Waals surface area contributed by atoms with Gasteiger partial charge in [-0.05, 0) is 11.5 Å². The van der Waals surface area contributed by atoms with Crippen LogP contribution < -0.4 is 0 Å². The number of hydrogen-bond acceptors (Lipinski definition) is 3. The average Bonchev–Trinajstić information content (AvgIpc) is 2.77. The van der Waals surface area contributed by atoms with E-state index in [2.05, 4.69) is 0 Å².